The first-order valence-electron chi connectivity index (χ1n) is 9.37. The third-order valence-corrected chi connectivity index (χ3v) is 4.81. The maximum atomic E-state index is 12.9. The van der Waals surface area contributed by atoms with E-state index >= 15 is 0 Å². The quantitative estimate of drug-likeness (QED) is 0.528. The van der Waals surface area contributed by atoms with Gasteiger partial charge < -0.3 is 9.30 Å². The van der Waals surface area contributed by atoms with Crippen molar-refractivity contribution in [3.8, 4) is 11.3 Å². The summed E-state index contributed by atoms with van der Waals surface area (Å²) in [6.45, 7) is 2.57. The number of benzene rings is 1. The first-order chi connectivity index (χ1) is 13.6. The summed E-state index contributed by atoms with van der Waals surface area (Å²) >= 11 is 0. The zero-order valence-electron chi connectivity index (χ0n) is 16.0. The van der Waals surface area contributed by atoms with Crippen molar-refractivity contribution in [2.45, 2.75) is 19.9 Å². The normalized spacial score (nSPS) is 10.9. The van der Waals surface area contributed by atoms with Gasteiger partial charge in [-0.3, -0.25) is 9.78 Å². The van der Waals surface area contributed by atoms with Crippen molar-refractivity contribution >= 4 is 11.6 Å². The number of carbonyl (C=O) groups excluding carboxylic acids is 1. The lowest BCUT2D eigenvalue weighted by Gasteiger charge is -2.17. The van der Waals surface area contributed by atoms with Gasteiger partial charge in [-0.1, -0.05) is 43.3 Å². The van der Waals surface area contributed by atoms with Crippen LogP contribution in [0.25, 0.3) is 16.9 Å². The first-order valence-corrected chi connectivity index (χ1v) is 9.37. The van der Waals surface area contributed by atoms with Crippen LogP contribution in [-0.2, 0) is 13.0 Å². The highest BCUT2D eigenvalue weighted by molar-refractivity contribution is 5.94. The maximum absolute atomic E-state index is 12.9. The number of hydrogen-bond donors (Lipinski definition) is 0. The van der Waals surface area contributed by atoms with Crippen molar-refractivity contribution in [1.29, 1.82) is 0 Å². The van der Waals surface area contributed by atoms with Crippen LogP contribution in [0, 0.1) is 0 Å². The fourth-order valence-corrected chi connectivity index (χ4v) is 3.16. The molecule has 28 heavy (non-hydrogen) atoms. The summed E-state index contributed by atoms with van der Waals surface area (Å²) in [5.41, 5.74) is 5.45. The molecule has 0 unspecified atom stereocenters. The Morgan fingerprint density at radius 1 is 1.04 bits per heavy atom. The molecule has 1 amide bonds. The monoisotopic (exact) mass is 370 g/mol. The molecule has 0 radical (unpaired) electrons. The summed E-state index contributed by atoms with van der Waals surface area (Å²) in [5, 5.41) is 0. The second-order valence-electron chi connectivity index (χ2n) is 6.85. The second kappa shape index (κ2) is 7.64. The van der Waals surface area contributed by atoms with E-state index in [4.69, 9.17) is 0 Å². The van der Waals surface area contributed by atoms with E-state index in [1.807, 2.05) is 71.5 Å². The molecule has 1 aromatic carbocycles. The van der Waals surface area contributed by atoms with Crippen LogP contribution < -0.4 is 0 Å². The number of imidazole rings is 1. The number of pyridine rings is 2. The van der Waals surface area contributed by atoms with Gasteiger partial charge in [0.05, 0.1) is 23.5 Å². The van der Waals surface area contributed by atoms with Crippen LogP contribution in [0.2, 0.25) is 0 Å². The SMILES string of the molecule is CCc1ccc(CN(C)C(=O)c2ccc3nc(-c4ccccc4)cn3c2)nc1. The zero-order valence-corrected chi connectivity index (χ0v) is 16.0. The number of amides is 1. The Balaban J connectivity index is 1.54. The lowest BCUT2D eigenvalue weighted by atomic mass is 10.2. The molecule has 0 fully saturated rings. The number of hydrogen-bond acceptors (Lipinski definition) is 3. The fraction of sp³-hybridized carbons (Fsp3) is 0.174. The zero-order chi connectivity index (χ0) is 19.5. The number of carbonyl (C=O) groups is 1. The van der Waals surface area contributed by atoms with Crippen LogP contribution in [-0.4, -0.2) is 32.2 Å². The molecule has 0 bridgehead atoms. The predicted molar refractivity (Wildman–Crippen MR) is 110 cm³/mol. The van der Waals surface area contributed by atoms with Gasteiger partial charge in [0.2, 0.25) is 0 Å². The standard InChI is InChI=1S/C23H22N4O/c1-3-17-9-11-20(24-13-17)15-26(2)23(28)19-10-12-22-25-21(16-27(22)14-19)18-7-5-4-6-8-18/h4-14,16H,3,15H2,1-2H3. The molecule has 4 rings (SSSR count). The van der Waals surface area contributed by atoms with Gasteiger partial charge in [0.15, 0.2) is 0 Å². The average Bonchev–Trinajstić information content (AvgIpc) is 3.18. The van der Waals surface area contributed by atoms with E-state index in [9.17, 15) is 4.79 Å². The van der Waals surface area contributed by atoms with Gasteiger partial charge in [0.25, 0.3) is 5.91 Å². The number of aromatic nitrogens is 3. The third kappa shape index (κ3) is 3.64. The molecular weight excluding hydrogens is 348 g/mol. The molecule has 0 spiro atoms. The van der Waals surface area contributed by atoms with Crippen molar-refractivity contribution in [3.05, 3.63) is 90.0 Å². The molecule has 5 heteroatoms. The minimum atomic E-state index is -0.0433. The fourth-order valence-electron chi connectivity index (χ4n) is 3.16. The Bertz CT molecular complexity index is 1100. The largest absolute Gasteiger partial charge is 0.336 e. The van der Waals surface area contributed by atoms with Gasteiger partial charge in [-0.15, -0.1) is 0 Å². The van der Waals surface area contributed by atoms with E-state index in [2.05, 4.69) is 23.0 Å². The van der Waals surface area contributed by atoms with Gasteiger partial charge in [-0.2, -0.15) is 0 Å². The summed E-state index contributed by atoms with van der Waals surface area (Å²) < 4.78 is 1.90. The lowest BCUT2D eigenvalue weighted by molar-refractivity contribution is 0.0783. The van der Waals surface area contributed by atoms with E-state index in [1.54, 1.807) is 11.9 Å². The number of nitrogens with zero attached hydrogens (tertiary/aromatic N) is 4. The first kappa shape index (κ1) is 17.9. The molecule has 0 N–H and O–H groups in total. The van der Waals surface area contributed by atoms with Crippen LogP contribution in [0.3, 0.4) is 0 Å². The summed E-state index contributed by atoms with van der Waals surface area (Å²) in [7, 11) is 1.80. The van der Waals surface area contributed by atoms with Gasteiger partial charge in [-0.05, 0) is 30.2 Å². The molecule has 3 aromatic heterocycles. The van der Waals surface area contributed by atoms with Crippen LogP contribution >= 0.6 is 0 Å². The Hall–Kier alpha value is -3.47. The smallest absolute Gasteiger partial charge is 0.255 e. The summed E-state index contributed by atoms with van der Waals surface area (Å²) in [6.07, 6.45) is 6.61. The Kier molecular flexibility index (Phi) is 4.89. The van der Waals surface area contributed by atoms with E-state index in [-0.39, 0.29) is 5.91 Å². The minimum absolute atomic E-state index is 0.0433. The van der Waals surface area contributed by atoms with Crippen LogP contribution in [0.15, 0.2) is 73.2 Å². The van der Waals surface area contributed by atoms with Crippen molar-refractivity contribution in [3.63, 3.8) is 0 Å². The molecule has 0 aliphatic heterocycles. The van der Waals surface area contributed by atoms with E-state index < -0.39 is 0 Å². The summed E-state index contributed by atoms with van der Waals surface area (Å²) in [5.74, 6) is -0.0433. The van der Waals surface area contributed by atoms with Crippen molar-refractivity contribution in [2.75, 3.05) is 7.05 Å². The van der Waals surface area contributed by atoms with Crippen LogP contribution in [0.4, 0.5) is 0 Å². The van der Waals surface area contributed by atoms with Crippen molar-refractivity contribution in [1.82, 2.24) is 19.3 Å². The lowest BCUT2D eigenvalue weighted by Crippen LogP contribution is -2.26. The highest BCUT2D eigenvalue weighted by Crippen LogP contribution is 2.19. The van der Waals surface area contributed by atoms with Gasteiger partial charge >= 0.3 is 0 Å². The summed E-state index contributed by atoms with van der Waals surface area (Å²) in [4.78, 5) is 23.6. The molecule has 0 aliphatic rings. The molecule has 3 heterocycles. The molecule has 5 nitrogen and oxygen atoms in total. The highest BCUT2D eigenvalue weighted by Gasteiger charge is 2.14. The van der Waals surface area contributed by atoms with Gasteiger partial charge in [-0.25, -0.2) is 4.98 Å². The Morgan fingerprint density at radius 3 is 2.57 bits per heavy atom. The molecule has 140 valence electrons. The van der Waals surface area contributed by atoms with Gasteiger partial charge in [0, 0.05) is 31.2 Å². The van der Waals surface area contributed by atoms with E-state index in [1.165, 1.54) is 5.56 Å². The number of aryl methyl sites for hydroxylation is 1. The Labute approximate surface area is 164 Å². The van der Waals surface area contributed by atoms with Gasteiger partial charge in [0.1, 0.15) is 5.65 Å². The molecule has 0 saturated heterocycles. The second-order valence-corrected chi connectivity index (χ2v) is 6.85. The van der Waals surface area contributed by atoms with Crippen molar-refractivity contribution in [2.24, 2.45) is 0 Å². The van der Waals surface area contributed by atoms with Crippen LogP contribution in [0.1, 0.15) is 28.5 Å². The topological polar surface area (TPSA) is 50.5 Å². The third-order valence-electron chi connectivity index (χ3n) is 4.81. The average molecular weight is 370 g/mol. The number of rotatable bonds is 5. The number of fused-ring (bicyclic) bond motifs is 1. The summed E-state index contributed by atoms with van der Waals surface area (Å²) in [6, 6.07) is 17.8. The molecule has 0 saturated carbocycles. The maximum Gasteiger partial charge on any atom is 0.255 e. The molecule has 4 aromatic rings. The van der Waals surface area contributed by atoms with E-state index in [0.29, 0.717) is 12.1 Å². The predicted octanol–water partition coefficient (Wildman–Crippen LogP) is 4.23. The van der Waals surface area contributed by atoms with Crippen molar-refractivity contribution < 1.29 is 4.79 Å². The highest BCUT2D eigenvalue weighted by atomic mass is 16.2. The molecule has 0 aliphatic carbocycles. The minimum Gasteiger partial charge on any atom is -0.336 e. The molecular formula is C23H22N4O. The van der Waals surface area contributed by atoms with E-state index in [0.717, 1.165) is 29.0 Å². The Morgan fingerprint density at radius 2 is 1.86 bits per heavy atom. The molecule has 0 atom stereocenters. The van der Waals surface area contributed by atoms with Crippen LogP contribution in [0.5, 0.6) is 0 Å².